The van der Waals surface area contributed by atoms with Crippen molar-refractivity contribution in [2.24, 2.45) is 0 Å². The Balaban J connectivity index is 1.81. The fourth-order valence-electron chi connectivity index (χ4n) is 2.32. The van der Waals surface area contributed by atoms with Crippen LogP contribution in [0.4, 0.5) is 0 Å². The summed E-state index contributed by atoms with van der Waals surface area (Å²) in [6, 6.07) is 7.15. The van der Waals surface area contributed by atoms with Crippen LogP contribution in [0.3, 0.4) is 0 Å². The molecule has 0 unspecified atom stereocenters. The van der Waals surface area contributed by atoms with Gasteiger partial charge in [-0.15, -0.1) is 0 Å². The zero-order chi connectivity index (χ0) is 16.7. The summed E-state index contributed by atoms with van der Waals surface area (Å²) in [5.74, 6) is -0.698. The van der Waals surface area contributed by atoms with Crippen LogP contribution in [0.5, 0.6) is 5.75 Å². The zero-order valence-corrected chi connectivity index (χ0v) is 13.0. The minimum Gasteiger partial charge on any atom is -0.484 e. The molecule has 0 saturated carbocycles. The molecule has 0 aliphatic carbocycles. The zero-order valence-electron chi connectivity index (χ0n) is 13.0. The molecule has 1 aromatic carbocycles. The molecule has 2 N–H and O–H groups in total. The van der Waals surface area contributed by atoms with E-state index in [4.69, 9.17) is 19.3 Å². The highest BCUT2D eigenvalue weighted by Gasteiger charge is 2.28. The third kappa shape index (κ3) is 5.88. The van der Waals surface area contributed by atoms with Gasteiger partial charge in [0.2, 0.25) is 0 Å². The Labute approximate surface area is 134 Å². The molecule has 23 heavy (non-hydrogen) atoms. The third-order valence-electron chi connectivity index (χ3n) is 3.43. The molecule has 1 fully saturated rings. The fourth-order valence-corrected chi connectivity index (χ4v) is 2.32. The summed E-state index contributed by atoms with van der Waals surface area (Å²) >= 11 is 0. The number of carboxylic acid groups (broad SMARTS) is 1. The first kappa shape index (κ1) is 17.2. The molecule has 2 rings (SSSR count). The number of carbonyl (C=O) groups is 2. The molecule has 1 heterocycles. The number of carbonyl (C=O) groups excluding carboxylic acids is 1. The molecule has 0 bridgehead atoms. The van der Waals surface area contributed by atoms with Crippen LogP contribution in [0.15, 0.2) is 24.3 Å². The second-order valence-electron chi connectivity index (χ2n) is 5.39. The first-order valence-electron chi connectivity index (χ1n) is 7.44. The third-order valence-corrected chi connectivity index (χ3v) is 3.43. The van der Waals surface area contributed by atoms with E-state index >= 15 is 0 Å². The van der Waals surface area contributed by atoms with Gasteiger partial charge in [-0.2, -0.15) is 0 Å². The highest BCUT2D eigenvalue weighted by atomic mass is 16.5. The minimum atomic E-state index is -1.05. The second kappa shape index (κ2) is 8.50. The van der Waals surface area contributed by atoms with E-state index in [0.29, 0.717) is 18.8 Å². The number of amides is 1. The molecule has 7 nitrogen and oxygen atoms in total. The van der Waals surface area contributed by atoms with E-state index in [0.717, 1.165) is 5.56 Å². The lowest BCUT2D eigenvalue weighted by atomic mass is 10.1. The Bertz CT molecular complexity index is 547. The van der Waals surface area contributed by atoms with Crippen LogP contribution < -0.4 is 10.1 Å². The van der Waals surface area contributed by atoms with Crippen molar-refractivity contribution in [1.82, 2.24) is 5.32 Å². The average Bonchev–Trinajstić information content (AvgIpc) is 2.52. The Morgan fingerprint density at radius 3 is 2.96 bits per heavy atom. The minimum absolute atomic E-state index is 0.105. The summed E-state index contributed by atoms with van der Waals surface area (Å²) in [7, 11) is 0. The Kier molecular flexibility index (Phi) is 6.37. The van der Waals surface area contributed by atoms with Crippen LogP contribution in [0.25, 0.3) is 0 Å². The van der Waals surface area contributed by atoms with Gasteiger partial charge in [0.25, 0.3) is 5.91 Å². The summed E-state index contributed by atoms with van der Waals surface area (Å²) < 4.78 is 16.0. The molecule has 1 aliphatic rings. The summed E-state index contributed by atoms with van der Waals surface area (Å²) in [6.07, 6.45) is 0.100. The fraction of sp³-hybridized carbons (Fsp3) is 0.500. The summed E-state index contributed by atoms with van der Waals surface area (Å²) in [5.41, 5.74) is 1.05. The number of carboxylic acids is 1. The van der Waals surface area contributed by atoms with Crippen molar-refractivity contribution in [2.45, 2.75) is 25.5 Å². The van der Waals surface area contributed by atoms with E-state index in [2.05, 4.69) is 5.32 Å². The number of nitrogens with one attached hydrogen (secondary N) is 1. The van der Waals surface area contributed by atoms with Crippen molar-refractivity contribution < 1.29 is 28.9 Å². The molecular weight excluding hydrogens is 302 g/mol. The van der Waals surface area contributed by atoms with Crippen molar-refractivity contribution in [3.05, 3.63) is 29.8 Å². The smallest absolute Gasteiger partial charge is 0.329 e. The second-order valence-corrected chi connectivity index (χ2v) is 5.39. The quantitative estimate of drug-likeness (QED) is 0.769. The van der Waals surface area contributed by atoms with Crippen LogP contribution in [-0.2, 0) is 19.1 Å². The largest absolute Gasteiger partial charge is 0.484 e. The van der Waals surface area contributed by atoms with Crippen molar-refractivity contribution in [3.63, 3.8) is 0 Å². The maximum Gasteiger partial charge on any atom is 0.329 e. The van der Waals surface area contributed by atoms with Gasteiger partial charge in [0, 0.05) is 6.61 Å². The lowest BCUT2D eigenvalue weighted by Crippen LogP contribution is -2.51. The van der Waals surface area contributed by atoms with E-state index in [-0.39, 0.29) is 25.2 Å². The Morgan fingerprint density at radius 2 is 2.22 bits per heavy atom. The van der Waals surface area contributed by atoms with Gasteiger partial charge < -0.3 is 24.6 Å². The van der Waals surface area contributed by atoms with Gasteiger partial charge in [-0.05, 0) is 31.0 Å². The number of hydrogen-bond donors (Lipinski definition) is 2. The van der Waals surface area contributed by atoms with E-state index in [1.807, 2.05) is 25.1 Å². The van der Waals surface area contributed by atoms with Gasteiger partial charge >= 0.3 is 5.97 Å². The summed E-state index contributed by atoms with van der Waals surface area (Å²) in [4.78, 5) is 22.6. The normalized spacial score (nSPS) is 20.7. The van der Waals surface area contributed by atoms with Gasteiger partial charge in [0.1, 0.15) is 18.5 Å². The van der Waals surface area contributed by atoms with Crippen LogP contribution >= 0.6 is 0 Å². The van der Waals surface area contributed by atoms with E-state index in [1.54, 1.807) is 6.07 Å². The van der Waals surface area contributed by atoms with Crippen molar-refractivity contribution in [1.29, 1.82) is 0 Å². The van der Waals surface area contributed by atoms with Crippen molar-refractivity contribution in [3.8, 4) is 5.75 Å². The first-order valence-corrected chi connectivity index (χ1v) is 7.44. The molecule has 2 atom stereocenters. The summed E-state index contributed by atoms with van der Waals surface area (Å²) in [5, 5.41) is 11.5. The molecule has 1 saturated heterocycles. The highest BCUT2D eigenvalue weighted by Crippen LogP contribution is 2.13. The first-order chi connectivity index (χ1) is 11.0. The SMILES string of the molecule is Cc1cccc(OCC(=O)N[C@@H]2CCOC[C@H]2OCC(=O)O)c1. The molecule has 126 valence electrons. The number of aliphatic carboxylic acids is 1. The average molecular weight is 323 g/mol. The van der Waals surface area contributed by atoms with Gasteiger partial charge in [-0.3, -0.25) is 4.79 Å². The Morgan fingerprint density at radius 1 is 1.39 bits per heavy atom. The lowest BCUT2D eigenvalue weighted by molar-refractivity contribution is -0.149. The van der Waals surface area contributed by atoms with E-state index in [9.17, 15) is 9.59 Å². The maximum atomic E-state index is 12.0. The number of aryl methyl sites for hydroxylation is 1. The molecular formula is C16H21NO6. The predicted octanol–water partition coefficient (Wildman–Crippen LogP) is 0.749. The van der Waals surface area contributed by atoms with Crippen LogP contribution in [0.1, 0.15) is 12.0 Å². The molecule has 0 aromatic heterocycles. The van der Waals surface area contributed by atoms with E-state index in [1.165, 1.54) is 0 Å². The van der Waals surface area contributed by atoms with Crippen molar-refractivity contribution >= 4 is 11.9 Å². The molecule has 0 spiro atoms. The van der Waals surface area contributed by atoms with Gasteiger partial charge in [0.05, 0.1) is 12.6 Å². The number of hydrogen-bond acceptors (Lipinski definition) is 5. The van der Waals surface area contributed by atoms with E-state index < -0.39 is 18.7 Å². The van der Waals surface area contributed by atoms with Gasteiger partial charge in [0.15, 0.2) is 6.61 Å². The highest BCUT2D eigenvalue weighted by molar-refractivity contribution is 5.78. The number of rotatable bonds is 7. The molecule has 7 heteroatoms. The molecule has 1 aromatic rings. The number of benzene rings is 1. The standard InChI is InChI=1S/C16H21NO6/c1-11-3-2-4-12(7-11)22-9-15(18)17-13-5-6-21-8-14(13)23-10-16(19)20/h2-4,7,13-14H,5-6,8-10H2,1H3,(H,17,18)(H,19,20)/t13-,14-/m1/s1. The van der Waals surface area contributed by atoms with Crippen LogP contribution in [-0.4, -0.2) is 55.6 Å². The van der Waals surface area contributed by atoms with Crippen LogP contribution in [0.2, 0.25) is 0 Å². The van der Waals surface area contributed by atoms with Gasteiger partial charge in [-0.25, -0.2) is 4.79 Å². The maximum absolute atomic E-state index is 12.0. The Hall–Kier alpha value is -2.12. The van der Waals surface area contributed by atoms with Gasteiger partial charge in [-0.1, -0.05) is 12.1 Å². The predicted molar refractivity (Wildman–Crippen MR) is 81.4 cm³/mol. The molecule has 1 amide bonds. The monoisotopic (exact) mass is 323 g/mol. The van der Waals surface area contributed by atoms with Crippen LogP contribution in [0, 0.1) is 6.92 Å². The summed E-state index contributed by atoms with van der Waals surface area (Å²) in [6.45, 7) is 2.18. The number of ether oxygens (including phenoxy) is 3. The molecule has 1 aliphatic heterocycles. The molecule has 0 radical (unpaired) electrons. The topological polar surface area (TPSA) is 94.1 Å². The van der Waals surface area contributed by atoms with Crippen molar-refractivity contribution in [2.75, 3.05) is 26.4 Å². The lowest BCUT2D eigenvalue weighted by Gasteiger charge is -2.31.